The predicted octanol–water partition coefficient (Wildman–Crippen LogP) is 2.77. The number of rotatable bonds is 3. The third kappa shape index (κ3) is 2.85. The van der Waals surface area contributed by atoms with E-state index in [0.29, 0.717) is 17.8 Å². The minimum Gasteiger partial charge on any atom is -0.342 e. The number of nitrogens with zero attached hydrogens (tertiary/aromatic N) is 1. The van der Waals surface area contributed by atoms with Crippen LogP contribution in [0, 0.1) is 11.6 Å². The van der Waals surface area contributed by atoms with E-state index in [1.54, 1.807) is 0 Å². The topological polar surface area (TPSA) is 40.7 Å². The molecule has 0 radical (unpaired) electrons. The van der Waals surface area contributed by atoms with Gasteiger partial charge in [0, 0.05) is 18.5 Å². The van der Waals surface area contributed by atoms with Gasteiger partial charge >= 0.3 is 0 Å². The molecule has 0 amide bonds. The number of halogens is 2. The van der Waals surface area contributed by atoms with E-state index >= 15 is 0 Å². The van der Waals surface area contributed by atoms with Gasteiger partial charge in [0.1, 0.15) is 11.3 Å². The maximum atomic E-state index is 13.4. The number of benzene rings is 1. The van der Waals surface area contributed by atoms with Crippen LogP contribution in [-0.2, 0) is 6.42 Å². The first-order valence-electron chi connectivity index (χ1n) is 5.94. The summed E-state index contributed by atoms with van der Waals surface area (Å²) in [6.45, 7) is 6.94. The molecule has 1 aromatic heterocycles. The number of imidazole rings is 1. The number of H-pyrrole nitrogens is 1. The van der Waals surface area contributed by atoms with Gasteiger partial charge in [0.05, 0.1) is 5.52 Å². The summed E-state index contributed by atoms with van der Waals surface area (Å²) in [6.07, 6.45) is 0.646. The third-order valence-electron chi connectivity index (χ3n) is 2.61. The van der Waals surface area contributed by atoms with Crippen LogP contribution >= 0.6 is 0 Å². The van der Waals surface area contributed by atoms with Crippen molar-refractivity contribution in [2.24, 2.45) is 0 Å². The van der Waals surface area contributed by atoms with Gasteiger partial charge < -0.3 is 10.3 Å². The molecule has 0 saturated carbocycles. The lowest BCUT2D eigenvalue weighted by molar-refractivity contribution is 0.428. The highest BCUT2D eigenvalue weighted by Gasteiger charge is 2.12. The fraction of sp³-hybridized carbons (Fsp3) is 0.462. The Kier molecular flexibility index (Phi) is 3.34. The van der Waals surface area contributed by atoms with E-state index in [1.165, 1.54) is 6.07 Å². The molecule has 2 N–H and O–H groups in total. The molecule has 98 valence electrons. The first kappa shape index (κ1) is 13.0. The molecule has 1 aromatic carbocycles. The second kappa shape index (κ2) is 4.65. The first-order chi connectivity index (χ1) is 8.37. The van der Waals surface area contributed by atoms with Crippen LogP contribution in [-0.4, -0.2) is 22.1 Å². The van der Waals surface area contributed by atoms with Crippen molar-refractivity contribution in [3.63, 3.8) is 0 Å². The van der Waals surface area contributed by atoms with Gasteiger partial charge in [-0.3, -0.25) is 0 Å². The number of hydrogen-bond donors (Lipinski definition) is 2. The van der Waals surface area contributed by atoms with E-state index in [2.05, 4.69) is 36.1 Å². The summed E-state index contributed by atoms with van der Waals surface area (Å²) in [5.74, 6) is -1.10. The molecule has 0 aliphatic carbocycles. The van der Waals surface area contributed by atoms with Crippen LogP contribution in [0.5, 0.6) is 0 Å². The summed E-state index contributed by atoms with van der Waals surface area (Å²) in [6, 6.07) is 2.61. The Balaban J connectivity index is 2.13. The molecule has 0 bridgehead atoms. The summed E-state index contributed by atoms with van der Waals surface area (Å²) in [7, 11) is 0. The van der Waals surface area contributed by atoms with Crippen molar-refractivity contribution in [3.05, 3.63) is 29.6 Å². The van der Waals surface area contributed by atoms with Crippen LogP contribution in [0.4, 0.5) is 8.78 Å². The van der Waals surface area contributed by atoms with Crippen molar-refractivity contribution in [1.29, 1.82) is 0 Å². The average molecular weight is 253 g/mol. The number of hydrogen-bond acceptors (Lipinski definition) is 2. The number of nitrogens with one attached hydrogen (secondary N) is 2. The molecule has 0 saturated heterocycles. The lowest BCUT2D eigenvalue weighted by Gasteiger charge is -2.19. The molecule has 3 nitrogen and oxygen atoms in total. The second-order valence-electron chi connectivity index (χ2n) is 5.37. The summed E-state index contributed by atoms with van der Waals surface area (Å²) < 4.78 is 26.5. The summed E-state index contributed by atoms with van der Waals surface area (Å²) in [5.41, 5.74) is 0.629. The zero-order valence-electron chi connectivity index (χ0n) is 10.8. The number of aromatic amines is 1. The standard InChI is InChI=1S/C13H17F2N3/c1-13(2,3)16-7-6-10-17-9-5-4-8(14)11(15)12(9)18-10/h4-5,16H,6-7H2,1-3H3,(H,17,18). The van der Waals surface area contributed by atoms with E-state index in [0.717, 1.165) is 12.6 Å². The van der Waals surface area contributed by atoms with Gasteiger partial charge in [0.2, 0.25) is 0 Å². The molecule has 0 atom stereocenters. The molecule has 2 aromatic rings. The molecule has 18 heavy (non-hydrogen) atoms. The van der Waals surface area contributed by atoms with Crippen molar-refractivity contribution >= 4 is 11.0 Å². The van der Waals surface area contributed by atoms with Gasteiger partial charge in [-0.25, -0.2) is 13.8 Å². The van der Waals surface area contributed by atoms with Crippen molar-refractivity contribution in [2.75, 3.05) is 6.54 Å². The van der Waals surface area contributed by atoms with Crippen LogP contribution in [0.2, 0.25) is 0 Å². The van der Waals surface area contributed by atoms with Gasteiger partial charge in [0.25, 0.3) is 0 Å². The molecule has 5 heteroatoms. The van der Waals surface area contributed by atoms with Crippen molar-refractivity contribution in [2.45, 2.75) is 32.7 Å². The second-order valence-corrected chi connectivity index (χ2v) is 5.37. The molecule has 0 aliphatic rings. The van der Waals surface area contributed by atoms with Gasteiger partial charge in [-0.15, -0.1) is 0 Å². The number of aromatic nitrogens is 2. The zero-order valence-corrected chi connectivity index (χ0v) is 10.8. The SMILES string of the molecule is CC(C)(C)NCCc1nc2c(F)c(F)ccc2[nH]1. The first-order valence-corrected chi connectivity index (χ1v) is 5.94. The number of fused-ring (bicyclic) bond motifs is 1. The molecule has 1 heterocycles. The van der Waals surface area contributed by atoms with Crippen molar-refractivity contribution in [1.82, 2.24) is 15.3 Å². The Labute approximate surface area is 105 Å². The smallest absolute Gasteiger partial charge is 0.186 e. The largest absolute Gasteiger partial charge is 0.342 e. The van der Waals surface area contributed by atoms with Crippen LogP contribution in [0.1, 0.15) is 26.6 Å². The van der Waals surface area contributed by atoms with E-state index in [-0.39, 0.29) is 11.1 Å². The Hall–Kier alpha value is -1.49. The van der Waals surface area contributed by atoms with Crippen molar-refractivity contribution in [3.8, 4) is 0 Å². The van der Waals surface area contributed by atoms with E-state index in [9.17, 15) is 8.78 Å². The molecule has 0 spiro atoms. The highest BCUT2D eigenvalue weighted by molar-refractivity contribution is 5.75. The fourth-order valence-corrected chi connectivity index (χ4v) is 1.74. The minimum atomic E-state index is -0.890. The average Bonchev–Trinajstić information content (AvgIpc) is 2.66. The normalized spacial score (nSPS) is 12.3. The molecular weight excluding hydrogens is 236 g/mol. The monoisotopic (exact) mass is 253 g/mol. The fourth-order valence-electron chi connectivity index (χ4n) is 1.74. The Morgan fingerprint density at radius 1 is 1.28 bits per heavy atom. The van der Waals surface area contributed by atoms with Gasteiger partial charge in [-0.05, 0) is 32.9 Å². The van der Waals surface area contributed by atoms with E-state index < -0.39 is 11.6 Å². The Bertz CT molecular complexity index is 555. The van der Waals surface area contributed by atoms with E-state index in [1.807, 2.05) is 0 Å². The van der Waals surface area contributed by atoms with Crippen LogP contribution in [0.25, 0.3) is 11.0 Å². The molecule has 0 unspecified atom stereocenters. The molecule has 0 fully saturated rings. The quantitative estimate of drug-likeness (QED) is 0.883. The molecular formula is C13H17F2N3. The van der Waals surface area contributed by atoms with Crippen molar-refractivity contribution < 1.29 is 8.78 Å². The van der Waals surface area contributed by atoms with Crippen LogP contribution in [0.15, 0.2) is 12.1 Å². The summed E-state index contributed by atoms with van der Waals surface area (Å²) in [5, 5.41) is 3.31. The molecule has 2 rings (SSSR count). The highest BCUT2D eigenvalue weighted by Crippen LogP contribution is 2.18. The highest BCUT2D eigenvalue weighted by atomic mass is 19.2. The lowest BCUT2D eigenvalue weighted by atomic mass is 10.1. The third-order valence-corrected chi connectivity index (χ3v) is 2.61. The lowest BCUT2D eigenvalue weighted by Crippen LogP contribution is -2.37. The predicted molar refractivity (Wildman–Crippen MR) is 67.5 cm³/mol. The summed E-state index contributed by atoms with van der Waals surface area (Å²) >= 11 is 0. The zero-order chi connectivity index (χ0) is 13.3. The maximum absolute atomic E-state index is 13.4. The van der Waals surface area contributed by atoms with Gasteiger partial charge in [-0.1, -0.05) is 0 Å². The Morgan fingerprint density at radius 2 is 2.00 bits per heavy atom. The Morgan fingerprint density at radius 3 is 2.67 bits per heavy atom. The van der Waals surface area contributed by atoms with Gasteiger partial charge in [0.15, 0.2) is 11.6 Å². The minimum absolute atomic E-state index is 0.0311. The molecule has 0 aliphatic heterocycles. The van der Waals surface area contributed by atoms with Crippen LogP contribution in [0.3, 0.4) is 0 Å². The van der Waals surface area contributed by atoms with E-state index in [4.69, 9.17) is 0 Å². The maximum Gasteiger partial charge on any atom is 0.186 e. The van der Waals surface area contributed by atoms with Crippen LogP contribution < -0.4 is 5.32 Å². The van der Waals surface area contributed by atoms with Gasteiger partial charge in [-0.2, -0.15) is 0 Å². The summed E-state index contributed by atoms with van der Waals surface area (Å²) in [4.78, 5) is 7.07.